The quantitative estimate of drug-likeness (QED) is 0.922. The van der Waals surface area contributed by atoms with Gasteiger partial charge >= 0.3 is 0 Å². The highest BCUT2D eigenvalue weighted by Gasteiger charge is 2.45. The number of amides is 2. The molecule has 3 rings (SSSR count). The number of rotatable bonds is 3. The topological polar surface area (TPSA) is 49.4 Å². The van der Waals surface area contributed by atoms with E-state index in [-0.39, 0.29) is 17.9 Å². The molecule has 2 atom stereocenters. The van der Waals surface area contributed by atoms with E-state index in [2.05, 4.69) is 5.32 Å². The van der Waals surface area contributed by atoms with E-state index in [0.717, 1.165) is 18.5 Å². The smallest absolute Gasteiger partial charge is 0.254 e. The molecule has 0 aromatic heterocycles. The van der Waals surface area contributed by atoms with Crippen LogP contribution in [0.1, 0.15) is 37.0 Å². The van der Waals surface area contributed by atoms with Gasteiger partial charge in [0.05, 0.1) is 5.41 Å². The highest BCUT2D eigenvalue weighted by molar-refractivity contribution is 5.98. The minimum absolute atomic E-state index is 0.00784. The molecule has 0 bridgehead atoms. The van der Waals surface area contributed by atoms with Crippen molar-refractivity contribution in [3.8, 4) is 0 Å². The minimum atomic E-state index is -0.613. The number of piperidine rings is 1. The van der Waals surface area contributed by atoms with Gasteiger partial charge in [-0.25, -0.2) is 0 Å². The number of hydrogen-bond acceptors (Lipinski definition) is 2. The lowest BCUT2D eigenvalue weighted by Gasteiger charge is -2.45. The highest BCUT2D eigenvalue weighted by Crippen LogP contribution is 2.37. The van der Waals surface area contributed by atoms with Crippen LogP contribution in [-0.2, 0) is 4.79 Å². The Hall–Kier alpha value is -2.62. The van der Waals surface area contributed by atoms with Gasteiger partial charge < -0.3 is 10.2 Å². The Morgan fingerprint density at radius 3 is 2.28 bits per heavy atom. The van der Waals surface area contributed by atoms with Crippen molar-refractivity contribution in [3.63, 3.8) is 0 Å². The second kappa shape index (κ2) is 7.09. The average molecular weight is 336 g/mol. The number of nitrogens with one attached hydrogen (secondary N) is 1. The molecule has 2 aromatic rings. The van der Waals surface area contributed by atoms with E-state index in [1.54, 1.807) is 0 Å². The van der Waals surface area contributed by atoms with Crippen molar-refractivity contribution in [2.75, 3.05) is 11.9 Å². The van der Waals surface area contributed by atoms with Gasteiger partial charge in [0.1, 0.15) is 0 Å². The van der Waals surface area contributed by atoms with Gasteiger partial charge in [-0.3, -0.25) is 9.59 Å². The lowest BCUT2D eigenvalue weighted by atomic mass is 9.74. The molecule has 2 unspecified atom stereocenters. The summed E-state index contributed by atoms with van der Waals surface area (Å²) in [6.07, 6.45) is 1.59. The Morgan fingerprint density at radius 2 is 1.64 bits per heavy atom. The molecule has 2 aromatic carbocycles. The lowest BCUT2D eigenvalue weighted by Crippen LogP contribution is -2.56. The standard InChI is InChI=1S/C21H24N2O2/c1-16-21(2,20(25)22-18-12-7-4-8-13-18)14-9-15-23(16)19(24)17-10-5-3-6-11-17/h3-8,10-13,16H,9,14-15H2,1-2H3,(H,22,25). The summed E-state index contributed by atoms with van der Waals surface area (Å²) in [5, 5.41) is 3.00. The van der Waals surface area contributed by atoms with Gasteiger partial charge in [0.25, 0.3) is 5.91 Å². The fraction of sp³-hybridized carbons (Fsp3) is 0.333. The van der Waals surface area contributed by atoms with Gasteiger partial charge in [-0.15, -0.1) is 0 Å². The first-order valence-electron chi connectivity index (χ1n) is 8.75. The SMILES string of the molecule is CC1N(C(=O)c2ccccc2)CCCC1(C)C(=O)Nc1ccccc1. The number of likely N-dealkylation sites (tertiary alicyclic amines) is 1. The Labute approximate surface area is 148 Å². The van der Waals surface area contributed by atoms with E-state index in [1.165, 1.54) is 0 Å². The van der Waals surface area contributed by atoms with Crippen LogP contribution in [0.15, 0.2) is 60.7 Å². The highest BCUT2D eigenvalue weighted by atomic mass is 16.2. The maximum Gasteiger partial charge on any atom is 0.254 e. The van der Waals surface area contributed by atoms with Gasteiger partial charge in [0.2, 0.25) is 5.91 Å². The summed E-state index contributed by atoms with van der Waals surface area (Å²) in [5.74, 6) is -0.0386. The first-order chi connectivity index (χ1) is 12.0. The van der Waals surface area contributed by atoms with Crippen LogP contribution in [0.4, 0.5) is 5.69 Å². The number of benzene rings is 2. The molecule has 1 saturated heterocycles. The van der Waals surface area contributed by atoms with Crippen LogP contribution in [-0.4, -0.2) is 29.3 Å². The Balaban J connectivity index is 1.79. The van der Waals surface area contributed by atoms with E-state index in [0.29, 0.717) is 12.1 Å². The van der Waals surface area contributed by atoms with Crippen molar-refractivity contribution in [1.82, 2.24) is 4.90 Å². The summed E-state index contributed by atoms with van der Waals surface area (Å²) < 4.78 is 0. The van der Waals surface area contributed by atoms with Gasteiger partial charge in [-0.1, -0.05) is 36.4 Å². The van der Waals surface area contributed by atoms with Crippen molar-refractivity contribution >= 4 is 17.5 Å². The molecule has 0 spiro atoms. The van der Waals surface area contributed by atoms with E-state index in [1.807, 2.05) is 79.4 Å². The van der Waals surface area contributed by atoms with Crippen molar-refractivity contribution < 1.29 is 9.59 Å². The zero-order valence-corrected chi connectivity index (χ0v) is 14.7. The molecule has 130 valence electrons. The fourth-order valence-corrected chi connectivity index (χ4v) is 3.49. The van der Waals surface area contributed by atoms with E-state index >= 15 is 0 Å². The summed E-state index contributed by atoms with van der Waals surface area (Å²) >= 11 is 0. The van der Waals surface area contributed by atoms with Crippen LogP contribution in [0.25, 0.3) is 0 Å². The van der Waals surface area contributed by atoms with Gasteiger partial charge in [0.15, 0.2) is 0 Å². The molecule has 1 N–H and O–H groups in total. The third-order valence-corrected chi connectivity index (χ3v) is 5.32. The normalized spacial score (nSPS) is 23.1. The number of carbonyl (C=O) groups is 2. The Kier molecular flexibility index (Phi) is 4.88. The number of carbonyl (C=O) groups excluding carboxylic acids is 2. The van der Waals surface area contributed by atoms with Crippen molar-refractivity contribution in [3.05, 3.63) is 66.2 Å². The van der Waals surface area contributed by atoms with Crippen molar-refractivity contribution in [1.29, 1.82) is 0 Å². The van der Waals surface area contributed by atoms with Crippen molar-refractivity contribution in [2.24, 2.45) is 5.41 Å². The van der Waals surface area contributed by atoms with E-state index < -0.39 is 5.41 Å². The Bertz CT molecular complexity index is 745. The van der Waals surface area contributed by atoms with Gasteiger partial charge in [0, 0.05) is 23.8 Å². The molecule has 2 amide bonds. The number of para-hydroxylation sites is 1. The van der Waals surface area contributed by atoms with Gasteiger partial charge in [-0.05, 0) is 51.0 Å². The molecule has 0 saturated carbocycles. The summed E-state index contributed by atoms with van der Waals surface area (Å²) in [5.41, 5.74) is 0.841. The molecular formula is C21H24N2O2. The molecule has 1 fully saturated rings. The molecule has 4 heteroatoms. The molecule has 1 heterocycles. The summed E-state index contributed by atoms with van der Waals surface area (Å²) in [6.45, 7) is 4.62. The van der Waals surface area contributed by atoms with Gasteiger partial charge in [-0.2, -0.15) is 0 Å². The molecule has 0 radical (unpaired) electrons. The number of nitrogens with zero attached hydrogens (tertiary/aromatic N) is 1. The van der Waals surface area contributed by atoms with E-state index in [9.17, 15) is 9.59 Å². The Morgan fingerprint density at radius 1 is 1.04 bits per heavy atom. The van der Waals surface area contributed by atoms with Crippen LogP contribution in [0.2, 0.25) is 0 Å². The number of anilines is 1. The third-order valence-electron chi connectivity index (χ3n) is 5.32. The van der Waals surface area contributed by atoms with Crippen LogP contribution in [0.5, 0.6) is 0 Å². The second-order valence-electron chi connectivity index (χ2n) is 6.88. The predicted octanol–water partition coefficient (Wildman–Crippen LogP) is 3.96. The van der Waals surface area contributed by atoms with Crippen molar-refractivity contribution in [2.45, 2.75) is 32.7 Å². The number of hydrogen-bond donors (Lipinski definition) is 1. The maximum atomic E-state index is 13.0. The molecule has 1 aliphatic heterocycles. The fourth-order valence-electron chi connectivity index (χ4n) is 3.49. The largest absolute Gasteiger partial charge is 0.335 e. The van der Waals surface area contributed by atoms with Crippen LogP contribution < -0.4 is 5.32 Å². The summed E-state index contributed by atoms with van der Waals surface area (Å²) in [7, 11) is 0. The molecule has 1 aliphatic rings. The predicted molar refractivity (Wildman–Crippen MR) is 99.4 cm³/mol. The maximum absolute atomic E-state index is 13.0. The second-order valence-corrected chi connectivity index (χ2v) is 6.88. The zero-order valence-electron chi connectivity index (χ0n) is 14.7. The lowest BCUT2D eigenvalue weighted by molar-refractivity contribution is -0.130. The summed E-state index contributed by atoms with van der Waals surface area (Å²) in [4.78, 5) is 27.7. The monoisotopic (exact) mass is 336 g/mol. The molecule has 25 heavy (non-hydrogen) atoms. The zero-order chi connectivity index (χ0) is 17.9. The summed E-state index contributed by atoms with van der Waals surface area (Å²) in [6, 6.07) is 18.6. The van der Waals surface area contributed by atoms with Crippen LogP contribution in [0, 0.1) is 5.41 Å². The molecule has 0 aliphatic carbocycles. The first-order valence-corrected chi connectivity index (χ1v) is 8.75. The van der Waals surface area contributed by atoms with Crippen LogP contribution in [0.3, 0.4) is 0 Å². The van der Waals surface area contributed by atoms with E-state index in [4.69, 9.17) is 0 Å². The molecule has 4 nitrogen and oxygen atoms in total. The third kappa shape index (κ3) is 3.43. The molecular weight excluding hydrogens is 312 g/mol. The average Bonchev–Trinajstić information content (AvgIpc) is 2.65. The first kappa shape index (κ1) is 17.2. The minimum Gasteiger partial charge on any atom is -0.335 e. The van der Waals surface area contributed by atoms with Crippen LogP contribution >= 0.6 is 0 Å².